The Labute approximate surface area is 265 Å². The van der Waals surface area contributed by atoms with E-state index in [0.29, 0.717) is 48.1 Å². The number of esters is 3. The van der Waals surface area contributed by atoms with E-state index in [4.69, 9.17) is 14.2 Å². The molecule has 0 saturated heterocycles. The second-order valence-corrected chi connectivity index (χ2v) is 9.75. The molecule has 2 aromatic carbocycles. The summed E-state index contributed by atoms with van der Waals surface area (Å²) in [4.78, 5) is 54.1. The van der Waals surface area contributed by atoms with Gasteiger partial charge in [-0.1, -0.05) is 57.5 Å². The number of nitrogens with zero attached hydrogens (tertiary/aromatic N) is 2. The van der Waals surface area contributed by atoms with E-state index in [-0.39, 0.29) is 38.1 Å². The van der Waals surface area contributed by atoms with Gasteiger partial charge >= 0.3 is 17.9 Å². The van der Waals surface area contributed by atoms with Crippen LogP contribution in [0.1, 0.15) is 86.9 Å². The Hall–Kier alpha value is -3.96. The summed E-state index contributed by atoms with van der Waals surface area (Å²) in [6.07, 6.45) is 6.35. The van der Waals surface area contributed by atoms with Crippen molar-refractivity contribution in [3.63, 3.8) is 0 Å². The highest BCUT2D eigenvalue weighted by Gasteiger charge is 2.24. The molecular formula is C32H43ClN2O9. The molecule has 0 spiro atoms. The number of carbonyl (C=O) groups is 3. The van der Waals surface area contributed by atoms with Gasteiger partial charge in [0.15, 0.2) is 0 Å². The van der Waals surface area contributed by atoms with Gasteiger partial charge in [-0.2, -0.15) is 0 Å². The van der Waals surface area contributed by atoms with Gasteiger partial charge in [0.05, 0.1) is 25.3 Å². The molecule has 0 amide bonds. The highest BCUT2D eigenvalue weighted by atomic mass is 35.5. The molecule has 44 heavy (non-hydrogen) atoms. The molecular weight excluding hydrogens is 592 g/mol. The Balaban J connectivity index is 0.00000968. The number of likely N-dealkylation sites (N-methyl/N-ethyl adjacent to an activating group) is 1. The van der Waals surface area contributed by atoms with Crippen molar-refractivity contribution in [3.05, 3.63) is 81.4 Å². The highest BCUT2D eigenvalue weighted by Crippen LogP contribution is 2.28. The van der Waals surface area contributed by atoms with E-state index < -0.39 is 23.1 Å². The molecule has 0 N–H and O–H groups in total. The van der Waals surface area contributed by atoms with Gasteiger partial charge in [0, 0.05) is 11.6 Å². The maximum atomic E-state index is 13.2. The van der Waals surface area contributed by atoms with Crippen molar-refractivity contribution in [1.29, 1.82) is 0 Å². The number of hydrogen-bond donors (Lipinski definition) is 0. The molecule has 242 valence electrons. The van der Waals surface area contributed by atoms with Crippen LogP contribution in [0.5, 0.6) is 5.75 Å². The van der Waals surface area contributed by atoms with E-state index in [0.717, 1.165) is 25.9 Å². The van der Waals surface area contributed by atoms with E-state index in [1.807, 2.05) is 24.8 Å². The van der Waals surface area contributed by atoms with E-state index in [1.54, 1.807) is 48.5 Å². The van der Waals surface area contributed by atoms with Crippen molar-refractivity contribution in [3.8, 4) is 5.75 Å². The summed E-state index contributed by atoms with van der Waals surface area (Å²) in [5.74, 6) is -1.08. The summed E-state index contributed by atoms with van der Waals surface area (Å²) in [7, 11) is 0. The Kier molecular flexibility index (Phi) is 18.8. The van der Waals surface area contributed by atoms with Crippen LogP contribution in [0.4, 0.5) is 0 Å². The first kappa shape index (κ1) is 38.1. The first-order chi connectivity index (χ1) is 20.8. The Morgan fingerprint density at radius 2 is 1.61 bits per heavy atom. The lowest BCUT2D eigenvalue weighted by atomic mass is 9.98. The molecule has 2 aromatic rings. The quantitative estimate of drug-likeness (QED) is 0.0403. The van der Waals surface area contributed by atoms with Crippen LogP contribution in [0.15, 0.2) is 54.6 Å². The summed E-state index contributed by atoms with van der Waals surface area (Å²) in [6, 6.07) is 13.7. The van der Waals surface area contributed by atoms with Gasteiger partial charge < -0.3 is 19.0 Å². The first-order valence-electron chi connectivity index (χ1n) is 14.7. The van der Waals surface area contributed by atoms with Crippen molar-refractivity contribution in [1.82, 2.24) is 4.90 Å². The van der Waals surface area contributed by atoms with Gasteiger partial charge in [0.25, 0.3) is 5.09 Å². The van der Waals surface area contributed by atoms with Crippen molar-refractivity contribution >= 4 is 36.4 Å². The molecule has 0 heterocycles. The van der Waals surface area contributed by atoms with Gasteiger partial charge in [-0.15, -0.1) is 22.5 Å². The zero-order valence-corrected chi connectivity index (χ0v) is 26.4. The van der Waals surface area contributed by atoms with Gasteiger partial charge in [-0.3, -0.25) is 9.69 Å². The molecule has 0 bridgehead atoms. The third-order valence-corrected chi connectivity index (χ3v) is 6.60. The fourth-order valence-corrected chi connectivity index (χ4v) is 4.17. The Morgan fingerprint density at radius 1 is 0.932 bits per heavy atom. The number of hydrogen-bond acceptors (Lipinski definition) is 10. The molecule has 1 unspecified atom stereocenters. The molecule has 0 radical (unpaired) electrons. The summed E-state index contributed by atoms with van der Waals surface area (Å²) in [6.45, 7) is 7.91. The number of halogens is 1. The number of unbranched alkanes of at least 4 members (excludes halogenated alkanes) is 3. The number of ether oxygens (including phenoxy) is 3. The Bertz CT molecular complexity index is 1200. The van der Waals surface area contributed by atoms with Gasteiger partial charge in [-0.05, 0) is 75.0 Å². The number of carbonyl (C=O) groups excluding carboxylic acids is 3. The molecule has 0 aliphatic carbocycles. The normalized spacial score (nSPS) is 11.5. The van der Waals surface area contributed by atoms with Gasteiger partial charge in [0.1, 0.15) is 11.9 Å². The molecule has 0 aromatic heterocycles. The maximum Gasteiger partial charge on any atom is 0.343 e. The SMILES string of the molecule is CCCCC(OC(=O)CN(CC)CC)c1ccccc1C(=O)Oc1ccc(/C=C/C(=O)OCCCCCO[N+](=O)[O-])cc1.Cl. The van der Waals surface area contributed by atoms with Crippen molar-refractivity contribution in [2.75, 3.05) is 32.8 Å². The molecule has 0 aliphatic heterocycles. The minimum absolute atomic E-state index is 0. The maximum absolute atomic E-state index is 13.2. The van der Waals surface area contributed by atoms with E-state index >= 15 is 0 Å². The lowest BCUT2D eigenvalue weighted by Gasteiger charge is -2.23. The average Bonchev–Trinajstić information content (AvgIpc) is 3.00. The van der Waals surface area contributed by atoms with Crippen LogP contribution in [0.25, 0.3) is 6.08 Å². The molecule has 1 atom stereocenters. The van der Waals surface area contributed by atoms with E-state index in [1.165, 1.54) is 6.08 Å². The van der Waals surface area contributed by atoms with Crippen molar-refractivity contribution < 1.29 is 38.5 Å². The van der Waals surface area contributed by atoms with Crippen LogP contribution in [-0.4, -0.2) is 60.7 Å². The monoisotopic (exact) mass is 634 g/mol. The fraction of sp³-hybridized carbons (Fsp3) is 0.469. The van der Waals surface area contributed by atoms with Gasteiger partial charge in [0.2, 0.25) is 0 Å². The Morgan fingerprint density at radius 3 is 2.27 bits per heavy atom. The smallest absolute Gasteiger partial charge is 0.343 e. The van der Waals surface area contributed by atoms with Crippen LogP contribution < -0.4 is 4.74 Å². The number of benzene rings is 2. The van der Waals surface area contributed by atoms with Crippen LogP contribution in [-0.2, 0) is 23.9 Å². The lowest BCUT2D eigenvalue weighted by molar-refractivity contribution is -0.757. The molecule has 12 heteroatoms. The third kappa shape index (κ3) is 14.5. The zero-order chi connectivity index (χ0) is 31.5. The summed E-state index contributed by atoms with van der Waals surface area (Å²) < 4.78 is 16.6. The van der Waals surface area contributed by atoms with Crippen LogP contribution in [0.2, 0.25) is 0 Å². The predicted molar refractivity (Wildman–Crippen MR) is 168 cm³/mol. The van der Waals surface area contributed by atoms with Crippen molar-refractivity contribution in [2.24, 2.45) is 0 Å². The molecule has 11 nitrogen and oxygen atoms in total. The van der Waals surface area contributed by atoms with Crippen LogP contribution in [0, 0.1) is 10.1 Å². The summed E-state index contributed by atoms with van der Waals surface area (Å²) in [5.41, 5.74) is 1.64. The van der Waals surface area contributed by atoms with E-state index in [2.05, 4.69) is 11.8 Å². The molecule has 0 saturated carbocycles. The number of rotatable bonds is 20. The first-order valence-corrected chi connectivity index (χ1v) is 14.7. The largest absolute Gasteiger partial charge is 0.463 e. The highest BCUT2D eigenvalue weighted by molar-refractivity contribution is 5.93. The van der Waals surface area contributed by atoms with Gasteiger partial charge in [-0.25, -0.2) is 9.59 Å². The lowest BCUT2D eigenvalue weighted by Crippen LogP contribution is -2.31. The molecule has 0 aliphatic rings. The van der Waals surface area contributed by atoms with Crippen LogP contribution in [0.3, 0.4) is 0 Å². The summed E-state index contributed by atoms with van der Waals surface area (Å²) in [5, 5.41) is 9.26. The molecule has 2 rings (SSSR count). The topological polar surface area (TPSA) is 135 Å². The zero-order valence-electron chi connectivity index (χ0n) is 25.6. The minimum atomic E-state index is -0.833. The summed E-state index contributed by atoms with van der Waals surface area (Å²) >= 11 is 0. The average molecular weight is 635 g/mol. The minimum Gasteiger partial charge on any atom is -0.463 e. The van der Waals surface area contributed by atoms with Crippen molar-refractivity contribution in [2.45, 2.75) is 65.4 Å². The second-order valence-electron chi connectivity index (χ2n) is 9.75. The van der Waals surface area contributed by atoms with E-state index in [9.17, 15) is 24.5 Å². The predicted octanol–water partition coefficient (Wildman–Crippen LogP) is 6.38. The fourth-order valence-electron chi connectivity index (χ4n) is 4.17. The second kappa shape index (κ2) is 21.7. The third-order valence-electron chi connectivity index (χ3n) is 6.60. The van der Waals surface area contributed by atoms with Crippen LogP contribution >= 0.6 is 12.4 Å². The molecule has 0 fully saturated rings. The standard InChI is InChI=1S/C32H42N2O9.ClH/c1-4-7-15-29(43-31(36)24-33(5-2)6-3)27-13-9-10-14-28(27)32(37)42-26-19-16-25(17-20-26)18-21-30(35)40-22-11-8-12-23-41-34(38)39;/h9-10,13-14,16-21,29H,4-8,11-12,15,22-24H2,1-3H3;1H/b21-18+;.